The van der Waals surface area contributed by atoms with Crippen molar-refractivity contribution in [2.45, 2.75) is 44.6 Å². The van der Waals surface area contributed by atoms with Gasteiger partial charge in [0.1, 0.15) is 6.10 Å². The van der Waals surface area contributed by atoms with E-state index in [1.54, 1.807) is 7.05 Å². The third kappa shape index (κ3) is 5.59. The molecule has 0 bridgehead atoms. The minimum atomic E-state index is -0.632. The Hall–Kier alpha value is -1.46. The number of likely N-dealkylation sites (N-methyl/N-ethyl adjacent to an activating group) is 1. The van der Waals surface area contributed by atoms with Crippen LogP contribution in [0.1, 0.15) is 37.3 Å². The van der Waals surface area contributed by atoms with Gasteiger partial charge in [0.15, 0.2) is 11.1 Å². The summed E-state index contributed by atoms with van der Waals surface area (Å²) in [6.07, 6.45) is 1.73. The van der Waals surface area contributed by atoms with Crippen molar-refractivity contribution in [2.75, 3.05) is 19.5 Å². The van der Waals surface area contributed by atoms with Crippen LogP contribution in [0.5, 0.6) is 0 Å². The fourth-order valence-corrected chi connectivity index (χ4v) is 3.04. The van der Waals surface area contributed by atoms with Crippen LogP contribution in [0, 0.1) is 11.8 Å². The first kappa shape index (κ1) is 19.6. The molecule has 2 atom stereocenters. The van der Waals surface area contributed by atoms with Crippen LogP contribution in [0.25, 0.3) is 0 Å². The van der Waals surface area contributed by atoms with Crippen molar-refractivity contribution in [1.82, 2.24) is 5.32 Å². The number of Topliss-reactive ketones (excluding diaryl/α,β-unsaturated/α-hetero) is 1. The van der Waals surface area contributed by atoms with Crippen molar-refractivity contribution in [1.29, 1.82) is 0 Å². The van der Waals surface area contributed by atoms with Gasteiger partial charge in [-0.15, -0.1) is 16.5 Å². The standard InChI is InChI=1S/C17H25ClN2O3/c1-13-6-4-7-14(10-13)17(2,16(21)11-18)9-5-8-15(12-19-3)23-20-22/h4,6-7,10,15,19H,5,8-9,11-12H2,1-3H3. The largest absolute Gasteiger partial charge is 0.359 e. The monoisotopic (exact) mass is 340 g/mol. The number of carbonyl (C=O) groups is 1. The SMILES string of the molecule is CNCC(CCCC(C)(C(=O)CCl)c1cccc(C)c1)ON=O. The quantitative estimate of drug-likeness (QED) is 0.380. The highest BCUT2D eigenvalue weighted by atomic mass is 35.5. The van der Waals surface area contributed by atoms with E-state index in [0.717, 1.165) is 17.5 Å². The maximum absolute atomic E-state index is 12.4. The Morgan fingerprint density at radius 1 is 1.48 bits per heavy atom. The van der Waals surface area contributed by atoms with Crippen molar-refractivity contribution in [3.8, 4) is 0 Å². The Morgan fingerprint density at radius 3 is 2.78 bits per heavy atom. The minimum absolute atomic E-state index is 0.00404. The fourth-order valence-electron chi connectivity index (χ4n) is 2.74. The predicted molar refractivity (Wildman–Crippen MR) is 92.7 cm³/mol. The lowest BCUT2D eigenvalue weighted by molar-refractivity contribution is -0.122. The molecule has 1 rings (SSSR count). The van der Waals surface area contributed by atoms with Crippen molar-refractivity contribution < 1.29 is 9.63 Å². The van der Waals surface area contributed by atoms with E-state index in [4.69, 9.17) is 16.4 Å². The van der Waals surface area contributed by atoms with E-state index in [-0.39, 0.29) is 17.8 Å². The van der Waals surface area contributed by atoms with Gasteiger partial charge < -0.3 is 10.2 Å². The molecule has 2 unspecified atom stereocenters. The molecule has 0 aliphatic rings. The van der Waals surface area contributed by atoms with Gasteiger partial charge in [-0.05, 0) is 45.7 Å². The molecule has 5 nitrogen and oxygen atoms in total. The molecule has 1 aromatic rings. The summed E-state index contributed by atoms with van der Waals surface area (Å²) in [7, 11) is 1.79. The third-order valence-electron chi connectivity index (χ3n) is 4.22. The number of halogens is 1. The summed E-state index contributed by atoms with van der Waals surface area (Å²) in [6.45, 7) is 4.47. The van der Waals surface area contributed by atoms with E-state index in [1.807, 2.05) is 38.1 Å². The molecule has 0 fully saturated rings. The maximum atomic E-state index is 12.4. The highest BCUT2D eigenvalue weighted by Crippen LogP contribution is 2.32. The first-order valence-electron chi connectivity index (χ1n) is 7.77. The van der Waals surface area contributed by atoms with Crippen LogP contribution < -0.4 is 5.32 Å². The lowest BCUT2D eigenvalue weighted by Crippen LogP contribution is -2.34. The van der Waals surface area contributed by atoms with Gasteiger partial charge in [-0.3, -0.25) is 4.79 Å². The molecule has 6 heteroatoms. The number of rotatable bonds is 11. The summed E-state index contributed by atoms with van der Waals surface area (Å²) < 4.78 is 0. The van der Waals surface area contributed by atoms with Crippen LogP contribution in [0.15, 0.2) is 29.6 Å². The Balaban J connectivity index is 2.83. The van der Waals surface area contributed by atoms with Crippen molar-refractivity contribution in [2.24, 2.45) is 5.34 Å². The van der Waals surface area contributed by atoms with E-state index >= 15 is 0 Å². The van der Waals surface area contributed by atoms with Gasteiger partial charge in [0.25, 0.3) is 0 Å². The first-order chi connectivity index (χ1) is 11.0. The fraction of sp³-hybridized carbons (Fsp3) is 0.588. The lowest BCUT2D eigenvalue weighted by Gasteiger charge is -2.29. The zero-order valence-electron chi connectivity index (χ0n) is 14.0. The van der Waals surface area contributed by atoms with Gasteiger partial charge in [-0.1, -0.05) is 29.8 Å². The number of carbonyl (C=O) groups excluding carboxylic acids is 1. The van der Waals surface area contributed by atoms with Crippen molar-refractivity contribution in [3.63, 3.8) is 0 Å². The van der Waals surface area contributed by atoms with E-state index in [1.165, 1.54) is 0 Å². The molecule has 0 aliphatic heterocycles. The van der Waals surface area contributed by atoms with E-state index in [0.29, 0.717) is 19.4 Å². The predicted octanol–water partition coefficient (Wildman–Crippen LogP) is 3.52. The Kier molecular flexibility index (Phi) is 8.20. The highest BCUT2D eigenvalue weighted by Gasteiger charge is 2.34. The summed E-state index contributed by atoms with van der Waals surface area (Å²) >= 11 is 5.83. The number of ketones is 1. The average Bonchev–Trinajstić information content (AvgIpc) is 2.54. The molecule has 1 aromatic carbocycles. The molecule has 0 aromatic heterocycles. The molecule has 0 saturated carbocycles. The van der Waals surface area contributed by atoms with Gasteiger partial charge >= 0.3 is 0 Å². The van der Waals surface area contributed by atoms with Gasteiger partial charge in [-0.2, -0.15) is 0 Å². The topological polar surface area (TPSA) is 67.8 Å². The molecule has 128 valence electrons. The summed E-state index contributed by atoms with van der Waals surface area (Å²) in [6, 6.07) is 7.94. The van der Waals surface area contributed by atoms with Crippen LogP contribution in [0.3, 0.4) is 0 Å². The second-order valence-corrected chi connectivity index (χ2v) is 6.28. The Morgan fingerprint density at radius 2 is 2.22 bits per heavy atom. The molecule has 23 heavy (non-hydrogen) atoms. The smallest absolute Gasteiger partial charge is 0.157 e. The molecule has 1 N–H and O–H groups in total. The normalized spacial score (nSPS) is 14.8. The number of nitrogens with zero attached hydrogens (tertiary/aromatic N) is 1. The molecule has 0 radical (unpaired) electrons. The lowest BCUT2D eigenvalue weighted by atomic mass is 9.74. The summed E-state index contributed by atoms with van der Waals surface area (Å²) in [4.78, 5) is 27.5. The number of alkyl halides is 1. The van der Waals surface area contributed by atoms with Gasteiger partial charge in [-0.25, -0.2) is 0 Å². The molecule has 0 aliphatic carbocycles. The second kappa shape index (κ2) is 9.63. The number of benzene rings is 1. The van der Waals surface area contributed by atoms with Crippen LogP contribution >= 0.6 is 11.6 Å². The van der Waals surface area contributed by atoms with Crippen LogP contribution in [-0.2, 0) is 15.0 Å². The van der Waals surface area contributed by atoms with Gasteiger partial charge in [0, 0.05) is 6.54 Å². The highest BCUT2D eigenvalue weighted by molar-refractivity contribution is 6.29. The number of aryl methyl sites for hydroxylation is 1. The number of hydrogen-bond donors (Lipinski definition) is 1. The number of nitrogens with one attached hydrogen (secondary N) is 1. The first-order valence-corrected chi connectivity index (χ1v) is 8.31. The van der Waals surface area contributed by atoms with Crippen molar-refractivity contribution >= 4 is 17.4 Å². The molecular weight excluding hydrogens is 316 g/mol. The van der Waals surface area contributed by atoms with E-state index < -0.39 is 5.41 Å². The van der Waals surface area contributed by atoms with E-state index in [9.17, 15) is 9.70 Å². The van der Waals surface area contributed by atoms with Crippen LogP contribution in [0.2, 0.25) is 0 Å². The molecule has 0 spiro atoms. The average molecular weight is 341 g/mol. The summed E-state index contributed by atoms with van der Waals surface area (Å²) in [5, 5.41) is 5.47. The summed E-state index contributed by atoms with van der Waals surface area (Å²) in [5.74, 6) is -0.0130. The molecule has 0 amide bonds. The molecule has 0 heterocycles. The molecular formula is C17H25ClN2O3. The minimum Gasteiger partial charge on any atom is -0.359 e. The zero-order chi connectivity index (χ0) is 17.3. The van der Waals surface area contributed by atoms with Crippen molar-refractivity contribution in [3.05, 3.63) is 40.3 Å². The second-order valence-electron chi connectivity index (χ2n) is 6.01. The maximum Gasteiger partial charge on any atom is 0.157 e. The van der Waals surface area contributed by atoms with Crippen LogP contribution in [0.4, 0.5) is 0 Å². The van der Waals surface area contributed by atoms with E-state index in [2.05, 4.69) is 10.7 Å². The Labute approximate surface area is 142 Å². The third-order valence-corrected chi connectivity index (χ3v) is 4.46. The molecule has 0 saturated heterocycles. The zero-order valence-corrected chi connectivity index (χ0v) is 14.7. The Bertz CT molecular complexity index is 524. The number of hydrogen-bond acceptors (Lipinski definition) is 5. The van der Waals surface area contributed by atoms with Gasteiger partial charge in [0.2, 0.25) is 0 Å². The van der Waals surface area contributed by atoms with Crippen LogP contribution in [-0.4, -0.2) is 31.4 Å². The van der Waals surface area contributed by atoms with Gasteiger partial charge in [0.05, 0.1) is 11.3 Å². The summed E-state index contributed by atoms with van der Waals surface area (Å²) in [5.41, 5.74) is 1.45.